The molecule has 0 amide bonds. The molecule has 0 atom stereocenters. The van der Waals surface area contributed by atoms with Gasteiger partial charge < -0.3 is 10.2 Å². The molecule has 20 heavy (non-hydrogen) atoms. The highest BCUT2D eigenvalue weighted by molar-refractivity contribution is 7.15. The van der Waals surface area contributed by atoms with Gasteiger partial charge >= 0.3 is 0 Å². The highest BCUT2D eigenvalue weighted by Crippen LogP contribution is 2.34. The average molecular weight is 295 g/mol. The third kappa shape index (κ3) is 5.06. The Hall–Kier alpha value is -0.610. The lowest BCUT2D eigenvalue weighted by Gasteiger charge is -2.22. The Balaban J connectivity index is 1.87. The number of nitrogens with one attached hydrogen (secondary N) is 1. The summed E-state index contributed by atoms with van der Waals surface area (Å²) in [6.07, 6.45) is 6.01. The van der Waals surface area contributed by atoms with Crippen LogP contribution in [-0.2, 0) is 6.54 Å². The third-order valence-corrected chi connectivity index (χ3v) is 4.61. The molecule has 0 unspecified atom stereocenters. The molecule has 0 bridgehead atoms. The fourth-order valence-corrected chi connectivity index (χ4v) is 3.19. The molecule has 114 valence electrons. The van der Waals surface area contributed by atoms with Crippen molar-refractivity contribution < 1.29 is 0 Å². The lowest BCUT2D eigenvalue weighted by atomic mass is 10.1. The van der Waals surface area contributed by atoms with E-state index in [9.17, 15) is 0 Å². The van der Waals surface area contributed by atoms with Crippen molar-refractivity contribution in [1.82, 2.24) is 10.3 Å². The lowest BCUT2D eigenvalue weighted by molar-refractivity contribution is 0.554. The molecule has 2 rings (SSSR count). The molecule has 1 saturated carbocycles. The average Bonchev–Trinajstić information content (AvgIpc) is 3.09. The van der Waals surface area contributed by atoms with Crippen LogP contribution in [0.15, 0.2) is 6.20 Å². The summed E-state index contributed by atoms with van der Waals surface area (Å²) >= 11 is 1.86. The molecule has 0 aliphatic heterocycles. The molecule has 4 heteroatoms. The van der Waals surface area contributed by atoms with Crippen molar-refractivity contribution in [1.29, 1.82) is 0 Å². The summed E-state index contributed by atoms with van der Waals surface area (Å²) in [7, 11) is 0. The van der Waals surface area contributed by atoms with E-state index in [1.54, 1.807) is 0 Å². The number of thiazole rings is 1. The fourth-order valence-electron chi connectivity index (χ4n) is 2.21. The van der Waals surface area contributed by atoms with Crippen molar-refractivity contribution in [3.63, 3.8) is 0 Å². The summed E-state index contributed by atoms with van der Waals surface area (Å²) < 4.78 is 0. The number of hydrogen-bond acceptors (Lipinski definition) is 4. The highest BCUT2D eigenvalue weighted by Gasteiger charge is 2.30. The van der Waals surface area contributed by atoms with E-state index in [4.69, 9.17) is 0 Å². The molecule has 0 saturated heterocycles. The fraction of sp³-hybridized carbons (Fsp3) is 0.812. The Morgan fingerprint density at radius 1 is 1.30 bits per heavy atom. The first-order valence-corrected chi connectivity index (χ1v) is 8.80. The van der Waals surface area contributed by atoms with E-state index in [1.807, 2.05) is 11.3 Å². The standard InChI is InChI=1S/C16H29N3S/c1-12(2)7-8-19(14-5-6-14)16-18-11-15(20-16)10-17-9-13(3)4/h11-14,17H,5-10H2,1-4H3. The van der Waals surface area contributed by atoms with Gasteiger partial charge in [0.25, 0.3) is 0 Å². The second-order valence-corrected chi connectivity index (χ2v) is 7.83. The molecule has 1 aliphatic rings. The van der Waals surface area contributed by atoms with E-state index >= 15 is 0 Å². The molecule has 1 aromatic rings. The normalized spacial score (nSPS) is 15.3. The second kappa shape index (κ2) is 7.41. The van der Waals surface area contributed by atoms with Gasteiger partial charge in [-0.3, -0.25) is 0 Å². The number of hydrogen-bond donors (Lipinski definition) is 1. The molecule has 1 aromatic heterocycles. The quantitative estimate of drug-likeness (QED) is 0.749. The minimum Gasteiger partial charge on any atom is -0.345 e. The zero-order valence-electron chi connectivity index (χ0n) is 13.4. The second-order valence-electron chi connectivity index (χ2n) is 6.74. The summed E-state index contributed by atoms with van der Waals surface area (Å²) in [5.74, 6) is 1.47. The molecule has 0 aromatic carbocycles. The first-order valence-electron chi connectivity index (χ1n) is 7.98. The van der Waals surface area contributed by atoms with Crippen LogP contribution in [0, 0.1) is 11.8 Å². The Labute approximate surface area is 127 Å². The van der Waals surface area contributed by atoms with Gasteiger partial charge in [0.15, 0.2) is 5.13 Å². The summed E-state index contributed by atoms with van der Waals surface area (Å²) in [5, 5.41) is 4.73. The number of anilines is 1. The van der Waals surface area contributed by atoms with Crippen molar-refractivity contribution >= 4 is 16.5 Å². The summed E-state index contributed by atoms with van der Waals surface area (Å²) in [6, 6.07) is 0.761. The lowest BCUT2D eigenvalue weighted by Crippen LogP contribution is -2.27. The van der Waals surface area contributed by atoms with Crippen LogP contribution in [0.2, 0.25) is 0 Å². The Kier molecular flexibility index (Phi) is 5.85. The zero-order chi connectivity index (χ0) is 14.5. The molecule has 1 aliphatic carbocycles. The Morgan fingerprint density at radius 3 is 2.65 bits per heavy atom. The first kappa shape index (κ1) is 15.8. The number of nitrogens with zero attached hydrogens (tertiary/aromatic N) is 2. The Bertz CT molecular complexity index is 396. The summed E-state index contributed by atoms with van der Waals surface area (Å²) in [6.45, 7) is 12.3. The van der Waals surface area contributed by atoms with Crippen LogP contribution >= 0.6 is 11.3 Å². The monoisotopic (exact) mass is 295 g/mol. The molecule has 3 nitrogen and oxygen atoms in total. The SMILES string of the molecule is CC(C)CCN(c1ncc(CNCC(C)C)s1)C1CC1. The van der Waals surface area contributed by atoms with Gasteiger partial charge in [-0.25, -0.2) is 4.98 Å². The van der Waals surface area contributed by atoms with Crippen LogP contribution in [0.1, 0.15) is 51.8 Å². The van der Waals surface area contributed by atoms with Gasteiger partial charge in [0.2, 0.25) is 0 Å². The predicted octanol–water partition coefficient (Wildman–Crippen LogP) is 3.90. The molecule has 0 radical (unpaired) electrons. The smallest absolute Gasteiger partial charge is 0.185 e. The van der Waals surface area contributed by atoms with Crippen LogP contribution < -0.4 is 10.2 Å². The van der Waals surface area contributed by atoms with Crippen LogP contribution in [0.4, 0.5) is 5.13 Å². The summed E-state index contributed by atoms with van der Waals surface area (Å²) in [5.41, 5.74) is 0. The van der Waals surface area contributed by atoms with Crippen molar-refractivity contribution in [2.75, 3.05) is 18.0 Å². The van der Waals surface area contributed by atoms with Gasteiger partial charge in [-0.05, 0) is 37.6 Å². The van der Waals surface area contributed by atoms with Crippen molar-refractivity contribution in [3.8, 4) is 0 Å². The molecule has 1 heterocycles. The van der Waals surface area contributed by atoms with Gasteiger partial charge in [-0.1, -0.05) is 27.7 Å². The number of rotatable bonds is 9. The maximum atomic E-state index is 4.66. The van der Waals surface area contributed by atoms with Gasteiger partial charge in [-0.2, -0.15) is 0 Å². The molecule has 0 spiro atoms. The van der Waals surface area contributed by atoms with Gasteiger partial charge in [0, 0.05) is 30.2 Å². The maximum absolute atomic E-state index is 4.66. The molecular weight excluding hydrogens is 266 g/mol. The highest BCUT2D eigenvalue weighted by atomic mass is 32.1. The summed E-state index contributed by atoms with van der Waals surface area (Å²) in [4.78, 5) is 8.55. The van der Waals surface area contributed by atoms with E-state index in [0.717, 1.165) is 31.6 Å². The molecular formula is C16H29N3S. The van der Waals surface area contributed by atoms with E-state index in [2.05, 4.69) is 49.1 Å². The van der Waals surface area contributed by atoms with Crippen molar-refractivity contribution in [2.24, 2.45) is 11.8 Å². The first-order chi connectivity index (χ1) is 9.56. The van der Waals surface area contributed by atoms with E-state index < -0.39 is 0 Å². The Morgan fingerprint density at radius 2 is 2.05 bits per heavy atom. The minimum absolute atomic E-state index is 0.705. The molecule has 1 fully saturated rings. The topological polar surface area (TPSA) is 28.2 Å². The largest absolute Gasteiger partial charge is 0.345 e. The maximum Gasteiger partial charge on any atom is 0.185 e. The van der Waals surface area contributed by atoms with Crippen LogP contribution in [-0.4, -0.2) is 24.1 Å². The van der Waals surface area contributed by atoms with Gasteiger partial charge in [0.1, 0.15) is 0 Å². The minimum atomic E-state index is 0.705. The van der Waals surface area contributed by atoms with Crippen LogP contribution in [0.25, 0.3) is 0 Å². The number of aromatic nitrogens is 1. The van der Waals surface area contributed by atoms with E-state index in [1.165, 1.54) is 29.3 Å². The zero-order valence-corrected chi connectivity index (χ0v) is 14.2. The molecule has 1 N–H and O–H groups in total. The third-order valence-electron chi connectivity index (χ3n) is 3.57. The van der Waals surface area contributed by atoms with E-state index in [0.29, 0.717) is 5.92 Å². The van der Waals surface area contributed by atoms with Crippen LogP contribution in [0.3, 0.4) is 0 Å². The van der Waals surface area contributed by atoms with Gasteiger partial charge in [0.05, 0.1) is 0 Å². The van der Waals surface area contributed by atoms with Crippen LogP contribution in [0.5, 0.6) is 0 Å². The predicted molar refractivity (Wildman–Crippen MR) is 88.5 cm³/mol. The van der Waals surface area contributed by atoms with Gasteiger partial charge in [-0.15, -0.1) is 11.3 Å². The van der Waals surface area contributed by atoms with Crippen molar-refractivity contribution in [3.05, 3.63) is 11.1 Å². The van der Waals surface area contributed by atoms with Crippen molar-refractivity contribution in [2.45, 2.75) is 59.5 Å². The van der Waals surface area contributed by atoms with E-state index in [-0.39, 0.29) is 0 Å².